The van der Waals surface area contributed by atoms with Crippen molar-refractivity contribution in [2.75, 3.05) is 26.4 Å². The highest BCUT2D eigenvalue weighted by atomic mass is 19.4. The van der Waals surface area contributed by atoms with Crippen LogP contribution in [0.3, 0.4) is 0 Å². The fourth-order valence-corrected chi connectivity index (χ4v) is 13.6. The Morgan fingerprint density at radius 2 is 0.744 bits per heavy atom. The van der Waals surface area contributed by atoms with E-state index in [2.05, 4.69) is 20.8 Å². The molecule has 29 heteroatoms. The average molecular weight is 1220 g/mol. The smallest absolute Gasteiger partial charge is 0.449 e. The van der Waals surface area contributed by atoms with Gasteiger partial charge in [0.05, 0.1) is 54.4 Å². The monoisotopic (exact) mass is 1220 g/mol. The van der Waals surface area contributed by atoms with Gasteiger partial charge in [0, 0.05) is 12.0 Å². The molecular weight excluding hydrogens is 1150 g/mol. The molecule has 0 radical (unpaired) electrons. The Morgan fingerprint density at radius 3 is 0.963 bits per heavy atom. The van der Waals surface area contributed by atoms with Gasteiger partial charge in [0.1, 0.15) is 6.10 Å². The van der Waals surface area contributed by atoms with E-state index >= 15 is 26.3 Å². The second-order valence-electron chi connectivity index (χ2n) is 27.0. The minimum absolute atomic E-state index is 0.0486. The Bertz CT molecular complexity index is 2320. The van der Waals surface area contributed by atoms with Gasteiger partial charge in [0.15, 0.2) is 22.6 Å². The lowest BCUT2D eigenvalue weighted by molar-refractivity contribution is -0.413. The summed E-state index contributed by atoms with van der Waals surface area (Å²) in [6.45, 7) is 15.5. The summed E-state index contributed by atoms with van der Waals surface area (Å²) in [5.41, 5.74) is -18.7. The maximum Gasteiger partial charge on any atom is 0.449 e. The van der Waals surface area contributed by atoms with E-state index in [9.17, 15) is 64.7 Å². The Morgan fingerprint density at radius 1 is 0.476 bits per heavy atom. The SMILES string of the molecule is C=C(C)C(=O)OC(C1CC(C(C)(C)OC2(C)COC(C)(O)C2)CC(C(C)(C)OC2(C)COC(O)(C(F)(F)F)C2(F)F)C1)C1CC(C(C)(C)OC2(C)COC(O)(C(F)(F)F)C2(F)F)CC(C(C)(C)OC2(C)COC(O)(C(F)(F)F)C2(F)F)C1. The van der Waals surface area contributed by atoms with E-state index in [1.165, 1.54) is 55.4 Å². The predicted molar refractivity (Wildman–Crippen MR) is 255 cm³/mol. The van der Waals surface area contributed by atoms with Crippen LogP contribution in [0, 0.1) is 35.5 Å². The number of esters is 1. The van der Waals surface area contributed by atoms with Crippen LogP contribution in [0.5, 0.6) is 0 Å². The summed E-state index contributed by atoms with van der Waals surface area (Å²) in [6.07, 6.45) is -21.1. The maximum atomic E-state index is 16.2. The van der Waals surface area contributed by atoms with E-state index in [0.29, 0.717) is 20.8 Å². The highest BCUT2D eigenvalue weighted by molar-refractivity contribution is 5.87. The molecule has 6 rings (SSSR count). The molecule has 0 spiro atoms. The third-order valence-corrected chi connectivity index (χ3v) is 18.4. The molecule has 0 aromatic carbocycles. The van der Waals surface area contributed by atoms with Crippen molar-refractivity contribution < 1.29 is 134 Å². The summed E-state index contributed by atoms with van der Waals surface area (Å²) in [6, 6.07) is 0. The van der Waals surface area contributed by atoms with E-state index in [4.69, 9.17) is 28.4 Å². The van der Waals surface area contributed by atoms with E-state index in [1.54, 1.807) is 20.8 Å². The van der Waals surface area contributed by atoms with Crippen LogP contribution < -0.4 is 0 Å². The topological polar surface area (TPSA) is 181 Å². The second-order valence-corrected chi connectivity index (χ2v) is 27.0. The lowest BCUT2D eigenvalue weighted by atomic mass is 9.59. The molecule has 4 heterocycles. The Balaban J connectivity index is 1.50. The van der Waals surface area contributed by atoms with E-state index < -0.39 is 172 Å². The van der Waals surface area contributed by atoms with Gasteiger partial charge in [0.2, 0.25) is 0 Å². The van der Waals surface area contributed by atoms with Crippen molar-refractivity contribution >= 4 is 5.97 Å². The first kappa shape index (κ1) is 68.8. The van der Waals surface area contributed by atoms with Gasteiger partial charge in [-0.3, -0.25) is 0 Å². The molecule has 0 aromatic rings. The van der Waals surface area contributed by atoms with Crippen LogP contribution in [0.1, 0.15) is 142 Å². The molecule has 478 valence electrons. The third kappa shape index (κ3) is 11.3. The number of carbonyl (C=O) groups is 1. The minimum Gasteiger partial charge on any atom is -0.458 e. The molecule has 82 heavy (non-hydrogen) atoms. The summed E-state index contributed by atoms with van der Waals surface area (Å²) in [4.78, 5) is 14.0. The van der Waals surface area contributed by atoms with Gasteiger partial charge in [0.25, 0.3) is 0 Å². The largest absolute Gasteiger partial charge is 0.458 e. The van der Waals surface area contributed by atoms with Crippen molar-refractivity contribution in [3.05, 3.63) is 12.2 Å². The molecule has 4 aliphatic heterocycles. The summed E-state index contributed by atoms with van der Waals surface area (Å²) < 4.78 is 274. The highest BCUT2D eigenvalue weighted by Gasteiger charge is 2.85. The van der Waals surface area contributed by atoms with Gasteiger partial charge in [-0.05, 0) is 171 Å². The van der Waals surface area contributed by atoms with E-state index in [0.717, 1.165) is 0 Å². The first-order chi connectivity index (χ1) is 36.2. The van der Waals surface area contributed by atoms with Crippen molar-refractivity contribution in [2.45, 2.75) is 252 Å². The Hall–Kier alpha value is -2.32. The number of alkyl halides is 15. The standard InChI is InChI=1S/C53H77F15O14/c1-27(2)35(69)78-34(28-16-30(36(3,4)79-40(11)22-44(15,70)74-23-40)20-31(17-28)37(5,6)80-41(12)24-75-48(71,45(41,54)55)51(60,61)62)29-18-32(38(7,8)81-42(13)25-76-49(72,46(42,56)57)52(63,64)65)21-33(19-29)39(9,10)82-43(14)26-77-50(73,47(43,58)59)53(66,67)68/h28-34,70-73H,1,16-26H2,2-15H3. The van der Waals surface area contributed by atoms with Crippen molar-refractivity contribution in [3.8, 4) is 0 Å². The summed E-state index contributed by atoms with van der Waals surface area (Å²) >= 11 is 0. The average Bonchev–Trinajstić information content (AvgIpc) is 3.82. The zero-order valence-electron chi connectivity index (χ0n) is 48.1. The molecule has 0 aromatic heterocycles. The van der Waals surface area contributed by atoms with Crippen molar-refractivity contribution in [3.63, 3.8) is 0 Å². The molecule has 14 unspecified atom stereocenters. The predicted octanol–water partition coefficient (Wildman–Crippen LogP) is 10.6. The van der Waals surface area contributed by atoms with Crippen molar-refractivity contribution in [2.24, 2.45) is 35.5 Å². The molecule has 14 nitrogen and oxygen atoms in total. The molecule has 6 fully saturated rings. The summed E-state index contributed by atoms with van der Waals surface area (Å²) in [7, 11) is 0. The lowest BCUT2D eigenvalue weighted by Gasteiger charge is -2.54. The van der Waals surface area contributed by atoms with Gasteiger partial charge in [-0.15, -0.1) is 0 Å². The molecule has 2 aliphatic carbocycles. The van der Waals surface area contributed by atoms with E-state index in [1.807, 2.05) is 0 Å². The van der Waals surface area contributed by atoms with Crippen LogP contribution in [0.4, 0.5) is 65.9 Å². The van der Waals surface area contributed by atoms with Crippen LogP contribution in [0.2, 0.25) is 0 Å². The Kier molecular flexibility index (Phi) is 17.1. The van der Waals surface area contributed by atoms with Crippen LogP contribution in [-0.2, 0) is 47.4 Å². The van der Waals surface area contributed by atoms with Crippen LogP contribution in [0.15, 0.2) is 12.2 Å². The first-order valence-corrected chi connectivity index (χ1v) is 26.7. The van der Waals surface area contributed by atoms with E-state index in [-0.39, 0.29) is 57.1 Å². The highest BCUT2D eigenvalue weighted by Crippen LogP contribution is 2.62. The van der Waals surface area contributed by atoms with Gasteiger partial charge in [-0.25, -0.2) is 4.79 Å². The molecule has 4 N–H and O–H groups in total. The number of aliphatic hydroxyl groups is 4. The maximum absolute atomic E-state index is 16.2. The molecule has 0 bridgehead atoms. The fraction of sp³-hybridized carbons (Fsp3) is 0.943. The molecule has 2 saturated carbocycles. The van der Waals surface area contributed by atoms with Crippen LogP contribution in [0.25, 0.3) is 0 Å². The van der Waals surface area contributed by atoms with Crippen LogP contribution in [-0.4, -0.2) is 163 Å². The number of rotatable bonds is 16. The second kappa shape index (κ2) is 20.4. The van der Waals surface area contributed by atoms with Crippen molar-refractivity contribution in [1.82, 2.24) is 0 Å². The summed E-state index contributed by atoms with van der Waals surface area (Å²) in [5, 5.41) is 41.8. The molecule has 14 atom stereocenters. The number of halogens is 15. The zero-order chi connectivity index (χ0) is 63.3. The lowest BCUT2D eigenvalue weighted by Crippen LogP contribution is -2.65. The van der Waals surface area contributed by atoms with Gasteiger partial charge in [-0.1, -0.05) is 6.58 Å². The molecular formula is C53H77F15O14. The molecule has 0 amide bonds. The quantitative estimate of drug-likeness (QED) is 0.0651. The molecule has 4 saturated heterocycles. The van der Waals surface area contributed by atoms with Crippen LogP contribution >= 0.6 is 0 Å². The number of carbonyl (C=O) groups excluding carboxylic acids is 1. The summed E-state index contributed by atoms with van der Waals surface area (Å²) in [5.74, 6) is -40.2. The number of hydrogen-bond donors (Lipinski definition) is 4. The zero-order valence-corrected chi connectivity index (χ0v) is 48.1. The third-order valence-electron chi connectivity index (χ3n) is 18.4. The normalized spacial score (nSPS) is 41.7. The first-order valence-electron chi connectivity index (χ1n) is 26.7. The molecule has 6 aliphatic rings. The Labute approximate surface area is 465 Å². The van der Waals surface area contributed by atoms with Gasteiger partial charge in [-0.2, -0.15) is 65.9 Å². The van der Waals surface area contributed by atoms with Gasteiger partial charge >= 0.3 is 59.6 Å². The minimum atomic E-state index is -6.09. The van der Waals surface area contributed by atoms with Gasteiger partial charge < -0.3 is 63.1 Å². The fourth-order valence-electron chi connectivity index (χ4n) is 13.6. The number of hydrogen-bond acceptors (Lipinski definition) is 14. The van der Waals surface area contributed by atoms with Crippen molar-refractivity contribution in [1.29, 1.82) is 0 Å². The number of ether oxygens (including phenoxy) is 9.